The van der Waals surface area contributed by atoms with E-state index in [-0.39, 0.29) is 5.91 Å². The fraction of sp³-hybridized carbons (Fsp3) is 0.917. The van der Waals surface area contributed by atoms with Gasteiger partial charge in [-0.25, -0.2) is 0 Å². The van der Waals surface area contributed by atoms with Crippen molar-refractivity contribution in [3.8, 4) is 0 Å². The molecule has 0 aliphatic carbocycles. The second-order valence-corrected chi connectivity index (χ2v) is 5.25. The molecule has 4 heteroatoms. The minimum absolute atomic E-state index is 0.183. The lowest BCUT2D eigenvalue weighted by molar-refractivity contribution is -0.122. The highest BCUT2D eigenvalue weighted by atomic mass is 16.2. The normalized spacial score (nSPS) is 31.4. The van der Waals surface area contributed by atoms with Gasteiger partial charge in [0, 0.05) is 19.1 Å². The van der Waals surface area contributed by atoms with E-state index in [9.17, 15) is 4.79 Å². The molecule has 2 saturated heterocycles. The molecule has 92 valence electrons. The van der Waals surface area contributed by atoms with Crippen molar-refractivity contribution in [1.29, 1.82) is 0 Å². The number of nitrogens with zero attached hydrogens (tertiary/aromatic N) is 1. The van der Waals surface area contributed by atoms with Crippen LogP contribution in [-0.2, 0) is 4.79 Å². The largest absolute Gasteiger partial charge is 0.353 e. The van der Waals surface area contributed by atoms with Gasteiger partial charge in [-0.1, -0.05) is 6.92 Å². The van der Waals surface area contributed by atoms with Crippen molar-refractivity contribution < 1.29 is 4.79 Å². The van der Waals surface area contributed by atoms with E-state index in [2.05, 4.69) is 29.4 Å². The molecular formula is C12H23N3O. The van der Waals surface area contributed by atoms with Crippen LogP contribution >= 0.6 is 0 Å². The van der Waals surface area contributed by atoms with Crippen molar-refractivity contribution in [2.45, 2.75) is 26.3 Å². The van der Waals surface area contributed by atoms with Crippen LogP contribution in [0, 0.1) is 11.8 Å². The van der Waals surface area contributed by atoms with E-state index in [1.165, 1.54) is 0 Å². The molecule has 2 N–H and O–H groups in total. The Kier molecular flexibility index (Phi) is 3.82. The van der Waals surface area contributed by atoms with Crippen LogP contribution in [0.25, 0.3) is 0 Å². The van der Waals surface area contributed by atoms with Gasteiger partial charge in [-0.2, -0.15) is 0 Å². The lowest BCUT2D eigenvalue weighted by Gasteiger charge is -2.18. The van der Waals surface area contributed by atoms with E-state index in [1.54, 1.807) is 0 Å². The maximum absolute atomic E-state index is 11.7. The highest BCUT2D eigenvalue weighted by Crippen LogP contribution is 2.25. The number of rotatable bonds is 4. The van der Waals surface area contributed by atoms with Crippen LogP contribution in [0.1, 0.15) is 20.3 Å². The summed E-state index contributed by atoms with van der Waals surface area (Å²) in [7, 11) is 0. The van der Waals surface area contributed by atoms with Crippen molar-refractivity contribution >= 4 is 5.91 Å². The number of carbonyl (C=O) groups is 1. The Labute approximate surface area is 97.8 Å². The van der Waals surface area contributed by atoms with E-state index >= 15 is 0 Å². The number of hydrogen-bond acceptors (Lipinski definition) is 3. The second-order valence-electron chi connectivity index (χ2n) is 5.25. The van der Waals surface area contributed by atoms with E-state index in [0.29, 0.717) is 12.6 Å². The molecule has 0 saturated carbocycles. The molecule has 0 aromatic rings. The second kappa shape index (κ2) is 5.15. The number of likely N-dealkylation sites (tertiary alicyclic amines) is 1. The molecule has 16 heavy (non-hydrogen) atoms. The Morgan fingerprint density at radius 2 is 2.06 bits per heavy atom. The van der Waals surface area contributed by atoms with Crippen molar-refractivity contribution in [3.05, 3.63) is 0 Å². The van der Waals surface area contributed by atoms with Gasteiger partial charge in [0.2, 0.25) is 5.91 Å². The Morgan fingerprint density at radius 1 is 1.44 bits per heavy atom. The van der Waals surface area contributed by atoms with Crippen LogP contribution in [0.4, 0.5) is 0 Å². The molecule has 2 heterocycles. The van der Waals surface area contributed by atoms with Crippen LogP contribution in [0.5, 0.6) is 0 Å². The first-order valence-corrected chi connectivity index (χ1v) is 6.41. The van der Waals surface area contributed by atoms with Gasteiger partial charge in [-0.05, 0) is 38.3 Å². The Morgan fingerprint density at radius 3 is 2.62 bits per heavy atom. The standard InChI is InChI=1S/C12H23N3O/c1-3-9(2)14-12(16)8-15-6-10-4-13-5-11(10)7-15/h9-11,13H,3-8H2,1-2H3,(H,14,16)/t9?,10-,11+. The summed E-state index contributed by atoms with van der Waals surface area (Å²) in [6, 6.07) is 0.302. The molecule has 2 aliphatic heterocycles. The highest BCUT2D eigenvalue weighted by molar-refractivity contribution is 5.78. The van der Waals surface area contributed by atoms with Gasteiger partial charge < -0.3 is 10.6 Å². The summed E-state index contributed by atoms with van der Waals surface area (Å²) in [5, 5.41) is 6.44. The number of hydrogen-bond donors (Lipinski definition) is 2. The van der Waals surface area contributed by atoms with Gasteiger partial charge in [-0.3, -0.25) is 9.69 Å². The molecule has 0 bridgehead atoms. The summed E-state index contributed by atoms with van der Waals surface area (Å²) < 4.78 is 0. The zero-order valence-corrected chi connectivity index (χ0v) is 10.3. The molecule has 3 atom stereocenters. The molecule has 2 fully saturated rings. The van der Waals surface area contributed by atoms with Crippen LogP contribution in [0.2, 0.25) is 0 Å². The third-order valence-electron chi connectivity index (χ3n) is 3.85. The SMILES string of the molecule is CCC(C)NC(=O)CN1C[C@H]2CNC[C@H]2C1. The summed E-state index contributed by atoms with van der Waals surface area (Å²) in [6.45, 7) is 9.17. The number of amides is 1. The maximum Gasteiger partial charge on any atom is 0.234 e. The molecule has 1 unspecified atom stereocenters. The summed E-state index contributed by atoms with van der Waals surface area (Å²) in [4.78, 5) is 14.0. The van der Waals surface area contributed by atoms with Gasteiger partial charge in [0.1, 0.15) is 0 Å². The third kappa shape index (κ3) is 2.74. The third-order valence-corrected chi connectivity index (χ3v) is 3.85. The first-order valence-electron chi connectivity index (χ1n) is 6.41. The zero-order chi connectivity index (χ0) is 11.5. The lowest BCUT2D eigenvalue weighted by atomic mass is 10.0. The Bertz CT molecular complexity index is 245. The number of fused-ring (bicyclic) bond motifs is 1. The van der Waals surface area contributed by atoms with E-state index in [0.717, 1.165) is 44.4 Å². The zero-order valence-electron chi connectivity index (χ0n) is 10.3. The van der Waals surface area contributed by atoms with Crippen LogP contribution in [0.15, 0.2) is 0 Å². The van der Waals surface area contributed by atoms with Gasteiger partial charge in [0.05, 0.1) is 6.54 Å². The van der Waals surface area contributed by atoms with Gasteiger partial charge >= 0.3 is 0 Å². The van der Waals surface area contributed by atoms with Crippen molar-refractivity contribution in [1.82, 2.24) is 15.5 Å². The highest BCUT2D eigenvalue weighted by Gasteiger charge is 2.36. The van der Waals surface area contributed by atoms with Crippen LogP contribution in [0.3, 0.4) is 0 Å². The maximum atomic E-state index is 11.7. The van der Waals surface area contributed by atoms with E-state index in [4.69, 9.17) is 0 Å². The topological polar surface area (TPSA) is 44.4 Å². The summed E-state index contributed by atoms with van der Waals surface area (Å²) in [5.41, 5.74) is 0. The predicted octanol–water partition coefficient (Wildman–Crippen LogP) is 0.0523. The fourth-order valence-electron chi connectivity index (χ4n) is 2.71. The Hall–Kier alpha value is -0.610. The minimum Gasteiger partial charge on any atom is -0.353 e. The molecule has 2 aliphatic rings. The molecule has 0 aromatic carbocycles. The molecule has 0 aromatic heterocycles. The summed E-state index contributed by atoms with van der Waals surface area (Å²) >= 11 is 0. The van der Waals surface area contributed by atoms with Crippen LogP contribution in [-0.4, -0.2) is 49.6 Å². The number of nitrogens with one attached hydrogen (secondary N) is 2. The van der Waals surface area contributed by atoms with E-state index in [1.807, 2.05) is 0 Å². The van der Waals surface area contributed by atoms with E-state index < -0.39 is 0 Å². The Balaban J connectivity index is 1.72. The van der Waals surface area contributed by atoms with Gasteiger partial charge in [0.25, 0.3) is 0 Å². The smallest absolute Gasteiger partial charge is 0.234 e. The quantitative estimate of drug-likeness (QED) is 0.711. The summed E-state index contributed by atoms with van der Waals surface area (Å²) in [5.74, 6) is 1.73. The summed E-state index contributed by atoms with van der Waals surface area (Å²) in [6.07, 6.45) is 1.00. The van der Waals surface area contributed by atoms with Crippen LogP contribution < -0.4 is 10.6 Å². The van der Waals surface area contributed by atoms with Gasteiger partial charge in [-0.15, -0.1) is 0 Å². The fourth-order valence-corrected chi connectivity index (χ4v) is 2.71. The molecule has 4 nitrogen and oxygen atoms in total. The first kappa shape index (κ1) is 11.9. The molecule has 2 rings (SSSR count). The monoisotopic (exact) mass is 225 g/mol. The average Bonchev–Trinajstić information content (AvgIpc) is 2.77. The molecule has 1 amide bonds. The molecule has 0 spiro atoms. The molecule has 0 radical (unpaired) electrons. The molecular weight excluding hydrogens is 202 g/mol. The van der Waals surface area contributed by atoms with Crippen molar-refractivity contribution in [3.63, 3.8) is 0 Å². The van der Waals surface area contributed by atoms with Crippen molar-refractivity contribution in [2.75, 3.05) is 32.7 Å². The first-order chi connectivity index (χ1) is 7.69. The number of carbonyl (C=O) groups excluding carboxylic acids is 1. The lowest BCUT2D eigenvalue weighted by Crippen LogP contribution is -2.40. The van der Waals surface area contributed by atoms with Gasteiger partial charge in [0.15, 0.2) is 0 Å². The predicted molar refractivity (Wildman–Crippen MR) is 64.2 cm³/mol. The minimum atomic E-state index is 0.183. The average molecular weight is 225 g/mol. The van der Waals surface area contributed by atoms with Crippen molar-refractivity contribution in [2.24, 2.45) is 11.8 Å².